The summed E-state index contributed by atoms with van der Waals surface area (Å²) in [5.74, 6) is 2.66. The van der Waals surface area contributed by atoms with E-state index in [2.05, 4.69) is 0 Å². The van der Waals surface area contributed by atoms with Gasteiger partial charge in [0.1, 0.15) is 5.76 Å². The van der Waals surface area contributed by atoms with Crippen molar-refractivity contribution in [3.63, 3.8) is 0 Å². The number of carbonyl (C=O) groups excluding carboxylic acids is 1. The number of hydrogen-bond acceptors (Lipinski definition) is 3. The monoisotopic (exact) mass is 197 g/mol. The summed E-state index contributed by atoms with van der Waals surface area (Å²) in [7, 11) is 0. The van der Waals surface area contributed by atoms with E-state index in [0.717, 1.165) is 18.2 Å². The zero-order chi connectivity index (χ0) is 9.26. The molecule has 2 rings (SSSR count). The van der Waals surface area contributed by atoms with Crippen molar-refractivity contribution in [2.75, 3.05) is 18.2 Å². The Labute approximate surface area is 81.1 Å². The zero-order valence-corrected chi connectivity index (χ0v) is 8.26. The van der Waals surface area contributed by atoms with Gasteiger partial charge in [-0.1, -0.05) is 0 Å². The van der Waals surface area contributed by atoms with Crippen molar-refractivity contribution in [2.24, 2.45) is 0 Å². The summed E-state index contributed by atoms with van der Waals surface area (Å²) in [5, 5.41) is 0. The molecule has 3 nitrogen and oxygen atoms in total. The molecule has 4 heteroatoms. The Bertz CT molecular complexity index is 315. The van der Waals surface area contributed by atoms with E-state index < -0.39 is 0 Å². The predicted molar refractivity (Wildman–Crippen MR) is 51.8 cm³/mol. The van der Waals surface area contributed by atoms with Gasteiger partial charge in [-0.3, -0.25) is 4.79 Å². The number of rotatable bonds is 1. The minimum atomic E-state index is 0.0938. The van der Waals surface area contributed by atoms with Gasteiger partial charge < -0.3 is 9.32 Å². The minimum absolute atomic E-state index is 0.0938. The van der Waals surface area contributed by atoms with Gasteiger partial charge in [0.15, 0.2) is 0 Å². The summed E-state index contributed by atoms with van der Waals surface area (Å²) in [4.78, 5) is 13.6. The van der Waals surface area contributed by atoms with Crippen LogP contribution in [0.1, 0.15) is 16.1 Å². The maximum Gasteiger partial charge on any atom is 0.258 e. The molecule has 1 aromatic rings. The molecule has 0 aromatic carbocycles. The Morgan fingerprint density at radius 3 is 3.08 bits per heavy atom. The third kappa shape index (κ3) is 1.58. The van der Waals surface area contributed by atoms with Gasteiger partial charge in [-0.05, 0) is 13.0 Å². The first-order valence-electron chi connectivity index (χ1n) is 4.20. The van der Waals surface area contributed by atoms with Crippen molar-refractivity contribution in [3.8, 4) is 0 Å². The van der Waals surface area contributed by atoms with Gasteiger partial charge in [0.2, 0.25) is 0 Å². The van der Waals surface area contributed by atoms with Gasteiger partial charge in [0.25, 0.3) is 5.91 Å². The first kappa shape index (κ1) is 8.69. The van der Waals surface area contributed by atoms with Crippen molar-refractivity contribution >= 4 is 17.7 Å². The summed E-state index contributed by atoms with van der Waals surface area (Å²) < 4.78 is 5.09. The number of aryl methyl sites for hydroxylation is 1. The molecule has 2 heterocycles. The molecular weight excluding hydrogens is 186 g/mol. The first-order chi connectivity index (χ1) is 6.29. The van der Waals surface area contributed by atoms with Crippen molar-refractivity contribution in [1.82, 2.24) is 4.90 Å². The SMILES string of the molecule is Cc1occc1C(=O)N1CCSC1. The molecule has 0 atom stereocenters. The molecule has 0 radical (unpaired) electrons. The lowest BCUT2D eigenvalue weighted by Crippen LogP contribution is -2.27. The van der Waals surface area contributed by atoms with Gasteiger partial charge >= 0.3 is 0 Å². The van der Waals surface area contributed by atoms with Crippen LogP contribution in [-0.4, -0.2) is 29.0 Å². The predicted octanol–water partition coefficient (Wildman–Crippen LogP) is 1.73. The van der Waals surface area contributed by atoms with Crippen LogP contribution < -0.4 is 0 Å². The second-order valence-corrected chi connectivity index (χ2v) is 4.07. The quantitative estimate of drug-likeness (QED) is 0.687. The third-order valence-electron chi connectivity index (χ3n) is 2.13. The molecule has 1 aliphatic rings. The van der Waals surface area contributed by atoms with Crippen molar-refractivity contribution in [1.29, 1.82) is 0 Å². The minimum Gasteiger partial charge on any atom is -0.469 e. The molecule has 0 aliphatic carbocycles. The molecule has 1 fully saturated rings. The van der Waals surface area contributed by atoms with Crippen LogP contribution in [-0.2, 0) is 0 Å². The summed E-state index contributed by atoms with van der Waals surface area (Å²) >= 11 is 1.79. The Morgan fingerprint density at radius 2 is 2.54 bits per heavy atom. The van der Waals surface area contributed by atoms with Crippen molar-refractivity contribution in [3.05, 3.63) is 23.7 Å². The fourth-order valence-electron chi connectivity index (χ4n) is 1.35. The molecular formula is C9H11NO2S. The van der Waals surface area contributed by atoms with Crippen LogP contribution in [0.2, 0.25) is 0 Å². The molecule has 0 saturated carbocycles. The standard InChI is InChI=1S/C9H11NO2S/c1-7-8(2-4-12-7)9(11)10-3-5-13-6-10/h2,4H,3,5-6H2,1H3. The molecule has 0 unspecified atom stereocenters. The molecule has 1 saturated heterocycles. The van der Waals surface area contributed by atoms with E-state index in [-0.39, 0.29) is 5.91 Å². The second-order valence-electron chi connectivity index (χ2n) is 3.00. The summed E-state index contributed by atoms with van der Waals surface area (Å²) in [6.45, 7) is 2.67. The molecule has 13 heavy (non-hydrogen) atoms. The number of thioether (sulfide) groups is 1. The highest BCUT2D eigenvalue weighted by atomic mass is 32.2. The highest BCUT2D eigenvalue weighted by Crippen LogP contribution is 2.18. The molecule has 1 aromatic heterocycles. The average Bonchev–Trinajstić information content (AvgIpc) is 2.72. The highest BCUT2D eigenvalue weighted by molar-refractivity contribution is 7.99. The van der Waals surface area contributed by atoms with Crippen LogP contribution >= 0.6 is 11.8 Å². The van der Waals surface area contributed by atoms with Gasteiger partial charge in [-0.15, -0.1) is 11.8 Å². The second kappa shape index (κ2) is 3.46. The number of hydrogen-bond donors (Lipinski definition) is 0. The number of amides is 1. The van der Waals surface area contributed by atoms with E-state index >= 15 is 0 Å². The zero-order valence-electron chi connectivity index (χ0n) is 7.45. The van der Waals surface area contributed by atoms with E-state index in [0.29, 0.717) is 11.3 Å². The molecule has 70 valence electrons. The third-order valence-corrected chi connectivity index (χ3v) is 3.09. The molecule has 1 amide bonds. The number of nitrogens with zero attached hydrogens (tertiary/aromatic N) is 1. The molecule has 0 spiro atoms. The fraction of sp³-hybridized carbons (Fsp3) is 0.444. The summed E-state index contributed by atoms with van der Waals surface area (Å²) in [6, 6.07) is 1.74. The van der Waals surface area contributed by atoms with E-state index in [9.17, 15) is 4.79 Å². The van der Waals surface area contributed by atoms with E-state index in [1.54, 1.807) is 24.1 Å². The van der Waals surface area contributed by atoms with Crippen LogP contribution in [0.4, 0.5) is 0 Å². The van der Waals surface area contributed by atoms with Crippen molar-refractivity contribution < 1.29 is 9.21 Å². The van der Waals surface area contributed by atoms with Gasteiger partial charge in [-0.2, -0.15) is 0 Å². The Balaban J connectivity index is 2.17. The lowest BCUT2D eigenvalue weighted by Gasteiger charge is -2.12. The van der Waals surface area contributed by atoms with Crippen LogP contribution in [0.5, 0.6) is 0 Å². The lowest BCUT2D eigenvalue weighted by molar-refractivity contribution is 0.0801. The molecule has 0 bridgehead atoms. The van der Waals surface area contributed by atoms with Gasteiger partial charge in [-0.25, -0.2) is 0 Å². The van der Waals surface area contributed by atoms with Crippen molar-refractivity contribution in [2.45, 2.75) is 6.92 Å². The Hall–Kier alpha value is -0.900. The van der Waals surface area contributed by atoms with Gasteiger partial charge in [0, 0.05) is 12.3 Å². The van der Waals surface area contributed by atoms with Crippen LogP contribution in [0, 0.1) is 6.92 Å². The topological polar surface area (TPSA) is 33.5 Å². The average molecular weight is 197 g/mol. The lowest BCUT2D eigenvalue weighted by atomic mass is 10.2. The fourth-order valence-corrected chi connectivity index (χ4v) is 2.30. The highest BCUT2D eigenvalue weighted by Gasteiger charge is 2.22. The van der Waals surface area contributed by atoms with Crippen LogP contribution in [0.25, 0.3) is 0 Å². The Morgan fingerprint density at radius 1 is 1.69 bits per heavy atom. The number of furan rings is 1. The van der Waals surface area contributed by atoms with Crippen LogP contribution in [0.3, 0.4) is 0 Å². The van der Waals surface area contributed by atoms with Gasteiger partial charge in [0.05, 0.1) is 17.7 Å². The number of carbonyl (C=O) groups is 1. The first-order valence-corrected chi connectivity index (χ1v) is 5.35. The van der Waals surface area contributed by atoms with E-state index in [4.69, 9.17) is 4.42 Å². The van der Waals surface area contributed by atoms with Crippen LogP contribution in [0.15, 0.2) is 16.7 Å². The van der Waals surface area contributed by atoms with E-state index in [1.165, 1.54) is 0 Å². The summed E-state index contributed by atoms with van der Waals surface area (Å²) in [6.07, 6.45) is 1.56. The summed E-state index contributed by atoms with van der Waals surface area (Å²) in [5.41, 5.74) is 0.697. The molecule has 1 aliphatic heterocycles. The maximum atomic E-state index is 11.8. The largest absolute Gasteiger partial charge is 0.469 e. The normalized spacial score (nSPS) is 16.5. The smallest absolute Gasteiger partial charge is 0.258 e. The Kier molecular flexibility index (Phi) is 2.31. The molecule has 0 N–H and O–H groups in total. The van der Waals surface area contributed by atoms with E-state index in [1.807, 2.05) is 11.8 Å². The maximum absolute atomic E-state index is 11.8.